The molecular formula is C24H18Cl2FNO3. The first-order chi connectivity index (χ1) is 15.0. The van der Waals surface area contributed by atoms with Crippen LogP contribution in [-0.4, -0.2) is 17.6 Å². The fourth-order valence-corrected chi connectivity index (χ4v) is 3.80. The van der Waals surface area contributed by atoms with Gasteiger partial charge in [-0.3, -0.25) is 0 Å². The van der Waals surface area contributed by atoms with Crippen LogP contribution < -0.4 is 4.74 Å². The van der Waals surface area contributed by atoms with E-state index in [1.807, 2.05) is 30.3 Å². The second kappa shape index (κ2) is 9.00. The quantitative estimate of drug-likeness (QED) is 0.310. The summed E-state index contributed by atoms with van der Waals surface area (Å²) in [5.41, 5.74) is 2.31. The number of hydrogen-bond donors (Lipinski definition) is 0. The monoisotopic (exact) mass is 457 g/mol. The Labute approximate surface area is 188 Å². The van der Waals surface area contributed by atoms with E-state index in [-0.39, 0.29) is 30.0 Å². The molecule has 1 heterocycles. The van der Waals surface area contributed by atoms with Gasteiger partial charge in [0, 0.05) is 6.54 Å². The molecule has 0 bridgehead atoms. The molecule has 31 heavy (non-hydrogen) atoms. The maximum Gasteiger partial charge on any atom is 0.358 e. The molecule has 0 aliphatic rings. The van der Waals surface area contributed by atoms with Crippen LogP contribution in [0.3, 0.4) is 0 Å². The molecule has 4 nitrogen and oxygen atoms in total. The molecule has 0 N–H and O–H groups in total. The average Bonchev–Trinajstić information content (AvgIpc) is 3.09. The Morgan fingerprint density at radius 2 is 1.74 bits per heavy atom. The Bertz CT molecular complexity index is 1250. The molecule has 0 aliphatic heterocycles. The van der Waals surface area contributed by atoms with Gasteiger partial charge in [0.2, 0.25) is 0 Å². The first-order valence-electron chi connectivity index (χ1n) is 9.49. The van der Waals surface area contributed by atoms with Crippen molar-refractivity contribution in [2.75, 3.05) is 7.11 Å². The highest BCUT2D eigenvalue weighted by Crippen LogP contribution is 2.37. The summed E-state index contributed by atoms with van der Waals surface area (Å²) in [5, 5.41) is 1.04. The Morgan fingerprint density at radius 1 is 0.968 bits per heavy atom. The molecule has 7 heteroatoms. The molecule has 4 aromatic rings. The van der Waals surface area contributed by atoms with Crippen molar-refractivity contribution in [2.24, 2.45) is 0 Å². The summed E-state index contributed by atoms with van der Waals surface area (Å²) in [6.07, 6.45) is 0. The van der Waals surface area contributed by atoms with Gasteiger partial charge in [0.05, 0.1) is 28.1 Å². The molecule has 158 valence electrons. The molecule has 3 aromatic carbocycles. The topological polar surface area (TPSA) is 40.5 Å². The van der Waals surface area contributed by atoms with Crippen molar-refractivity contribution < 1.29 is 18.7 Å². The van der Waals surface area contributed by atoms with E-state index in [2.05, 4.69) is 0 Å². The number of ether oxygens (including phenoxy) is 2. The van der Waals surface area contributed by atoms with Crippen LogP contribution in [-0.2, 0) is 17.9 Å². The third-order valence-corrected chi connectivity index (χ3v) is 5.66. The van der Waals surface area contributed by atoms with Gasteiger partial charge >= 0.3 is 5.97 Å². The first-order valence-corrected chi connectivity index (χ1v) is 10.2. The van der Waals surface area contributed by atoms with E-state index in [0.29, 0.717) is 15.6 Å². The number of nitrogens with zero attached hydrogens (tertiary/aromatic N) is 1. The molecule has 0 saturated carbocycles. The maximum absolute atomic E-state index is 14.9. The van der Waals surface area contributed by atoms with E-state index in [4.69, 9.17) is 32.7 Å². The van der Waals surface area contributed by atoms with Gasteiger partial charge < -0.3 is 14.0 Å². The molecular weight excluding hydrogens is 440 g/mol. The third-order valence-electron chi connectivity index (χ3n) is 4.92. The van der Waals surface area contributed by atoms with E-state index >= 15 is 0 Å². The second-order valence-electron chi connectivity index (χ2n) is 6.91. The second-order valence-corrected chi connectivity index (χ2v) is 7.73. The normalized spacial score (nSPS) is 11.0. The van der Waals surface area contributed by atoms with Crippen molar-refractivity contribution in [3.05, 3.63) is 99.4 Å². The van der Waals surface area contributed by atoms with Gasteiger partial charge in [-0.25, -0.2) is 9.18 Å². The third kappa shape index (κ3) is 4.24. The zero-order valence-corrected chi connectivity index (χ0v) is 18.1. The zero-order chi connectivity index (χ0) is 22.0. The van der Waals surface area contributed by atoms with Crippen molar-refractivity contribution in [3.8, 4) is 5.75 Å². The minimum Gasteiger partial charge on any atom is -0.486 e. The number of hydrogen-bond acceptors (Lipinski definition) is 3. The number of rotatable bonds is 6. The zero-order valence-electron chi connectivity index (χ0n) is 16.6. The SMILES string of the molecule is COC(=O)c1c(OCc2ccccc2)c2c(F)cccc2n1Cc1ccc(Cl)c(Cl)c1. The number of benzene rings is 3. The smallest absolute Gasteiger partial charge is 0.358 e. The van der Waals surface area contributed by atoms with Crippen molar-refractivity contribution >= 4 is 40.1 Å². The highest BCUT2D eigenvalue weighted by molar-refractivity contribution is 6.42. The summed E-state index contributed by atoms with van der Waals surface area (Å²) < 4.78 is 27.6. The van der Waals surface area contributed by atoms with Crippen LogP contribution in [0, 0.1) is 5.82 Å². The molecule has 1 aromatic heterocycles. The number of halogens is 3. The average molecular weight is 458 g/mol. The van der Waals surface area contributed by atoms with Gasteiger partial charge in [-0.1, -0.05) is 65.7 Å². The van der Waals surface area contributed by atoms with E-state index in [9.17, 15) is 9.18 Å². The van der Waals surface area contributed by atoms with Gasteiger partial charge in [0.15, 0.2) is 11.4 Å². The molecule has 0 amide bonds. The molecule has 0 unspecified atom stereocenters. The van der Waals surface area contributed by atoms with Crippen molar-refractivity contribution in [3.63, 3.8) is 0 Å². The van der Waals surface area contributed by atoms with Crippen LogP contribution in [0.25, 0.3) is 10.9 Å². The van der Waals surface area contributed by atoms with Crippen LogP contribution in [0.2, 0.25) is 10.0 Å². The molecule has 0 saturated heterocycles. The molecule has 0 atom stereocenters. The number of methoxy groups -OCH3 is 1. The molecule has 0 radical (unpaired) electrons. The Kier molecular flexibility index (Phi) is 6.16. The summed E-state index contributed by atoms with van der Waals surface area (Å²) in [5.74, 6) is -0.971. The van der Waals surface area contributed by atoms with Crippen molar-refractivity contribution in [1.82, 2.24) is 4.57 Å². The number of carbonyl (C=O) groups is 1. The lowest BCUT2D eigenvalue weighted by Gasteiger charge is -2.12. The lowest BCUT2D eigenvalue weighted by atomic mass is 10.2. The fourth-order valence-electron chi connectivity index (χ4n) is 3.48. The predicted octanol–water partition coefficient (Wildman–Crippen LogP) is 6.50. The van der Waals surface area contributed by atoms with Crippen LogP contribution in [0.15, 0.2) is 66.7 Å². The number of esters is 1. The fraction of sp³-hybridized carbons (Fsp3) is 0.125. The van der Waals surface area contributed by atoms with E-state index in [1.165, 1.54) is 13.2 Å². The number of fused-ring (bicyclic) bond motifs is 1. The number of aromatic nitrogens is 1. The molecule has 4 rings (SSSR count). The van der Waals surface area contributed by atoms with Crippen molar-refractivity contribution in [1.29, 1.82) is 0 Å². The van der Waals surface area contributed by atoms with Gasteiger partial charge in [-0.2, -0.15) is 0 Å². The van der Waals surface area contributed by atoms with Gasteiger partial charge in [0.1, 0.15) is 12.4 Å². The van der Waals surface area contributed by atoms with Crippen LogP contribution in [0.4, 0.5) is 4.39 Å². The minimum absolute atomic E-state index is 0.129. The standard InChI is InChI=1S/C24H18Cl2FNO3/c1-30-24(29)22-23(31-14-15-6-3-2-4-7-15)21-19(27)8-5-9-20(21)28(22)13-16-10-11-17(25)18(26)12-16/h2-12H,13-14H2,1H3. The maximum atomic E-state index is 14.9. The summed E-state index contributed by atoms with van der Waals surface area (Å²) in [7, 11) is 1.28. The minimum atomic E-state index is -0.626. The van der Waals surface area contributed by atoms with Crippen molar-refractivity contribution in [2.45, 2.75) is 13.2 Å². The van der Waals surface area contributed by atoms with Gasteiger partial charge in [-0.05, 0) is 35.4 Å². The van der Waals surface area contributed by atoms with Crippen LogP contribution in [0.1, 0.15) is 21.6 Å². The highest BCUT2D eigenvalue weighted by Gasteiger charge is 2.27. The summed E-state index contributed by atoms with van der Waals surface area (Å²) in [4.78, 5) is 12.8. The van der Waals surface area contributed by atoms with Crippen LogP contribution in [0.5, 0.6) is 5.75 Å². The summed E-state index contributed by atoms with van der Waals surface area (Å²) in [6, 6.07) is 19.3. The molecule has 0 fully saturated rings. The van der Waals surface area contributed by atoms with Crippen LogP contribution >= 0.6 is 23.2 Å². The lowest BCUT2D eigenvalue weighted by molar-refractivity contribution is 0.0584. The Balaban J connectivity index is 1.86. The Morgan fingerprint density at radius 3 is 2.45 bits per heavy atom. The lowest BCUT2D eigenvalue weighted by Crippen LogP contribution is -2.13. The molecule has 0 spiro atoms. The van der Waals surface area contributed by atoms with E-state index in [0.717, 1.165) is 11.1 Å². The van der Waals surface area contributed by atoms with E-state index < -0.39 is 11.8 Å². The first kappa shape index (κ1) is 21.2. The summed E-state index contributed by atoms with van der Waals surface area (Å²) >= 11 is 12.2. The number of carbonyl (C=O) groups excluding carboxylic acids is 1. The highest BCUT2D eigenvalue weighted by atomic mass is 35.5. The van der Waals surface area contributed by atoms with E-state index in [1.54, 1.807) is 34.9 Å². The van der Waals surface area contributed by atoms with Gasteiger partial charge in [-0.15, -0.1) is 0 Å². The Hall–Kier alpha value is -3.02. The van der Waals surface area contributed by atoms with Gasteiger partial charge in [0.25, 0.3) is 0 Å². The molecule has 0 aliphatic carbocycles. The summed E-state index contributed by atoms with van der Waals surface area (Å²) in [6.45, 7) is 0.418. The predicted molar refractivity (Wildman–Crippen MR) is 120 cm³/mol. The largest absolute Gasteiger partial charge is 0.486 e.